The number of carbonyl (C=O) groups excluding carboxylic acids is 1. The third kappa shape index (κ3) is 5.05. The largest absolute Gasteiger partial charge is 0.366 e. The molecule has 8 heteroatoms. The van der Waals surface area contributed by atoms with Crippen LogP contribution in [0.3, 0.4) is 0 Å². The highest BCUT2D eigenvalue weighted by atomic mass is 16.2. The molecule has 0 unspecified atom stereocenters. The van der Waals surface area contributed by atoms with E-state index < -0.39 is 0 Å². The number of para-hydroxylation sites is 1. The number of likely N-dealkylation sites (tertiary alicyclic amines) is 1. The van der Waals surface area contributed by atoms with Crippen LogP contribution in [0.5, 0.6) is 0 Å². The smallest absolute Gasteiger partial charge is 0.335 e. The van der Waals surface area contributed by atoms with E-state index >= 15 is 0 Å². The van der Waals surface area contributed by atoms with Gasteiger partial charge in [0.15, 0.2) is 0 Å². The fraction of sp³-hybridized carbons (Fsp3) is 0.560. The number of nitrogens with one attached hydrogen (secondary N) is 1. The summed E-state index contributed by atoms with van der Waals surface area (Å²) in [5, 5.41) is 3.11. The number of aromatic nitrogens is 2. The highest BCUT2D eigenvalue weighted by molar-refractivity contribution is 5.79. The number of hydrogen-bond donors (Lipinski definition) is 1. The summed E-state index contributed by atoms with van der Waals surface area (Å²) in [7, 11) is 1.52. The quantitative estimate of drug-likeness (QED) is 0.720. The van der Waals surface area contributed by atoms with Crippen molar-refractivity contribution < 1.29 is 4.79 Å². The lowest BCUT2D eigenvalue weighted by Crippen LogP contribution is -2.47. The summed E-state index contributed by atoms with van der Waals surface area (Å²) in [5.74, 6) is 0.0809. The van der Waals surface area contributed by atoms with Crippen LogP contribution in [0.25, 0.3) is 5.69 Å². The summed E-state index contributed by atoms with van der Waals surface area (Å²) in [4.78, 5) is 43.0. The molecule has 0 bridgehead atoms. The van der Waals surface area contributed by atoms with Crippen LogP contribution in [0.15, 0.2) is 39.9 Å². The van der Waals surface area contributed by atoms with Crippen LogP contribution in [0, 0.1) is 12.8 Å². The van der Waals surface area contributed by atoms with Gasteiger partial charge in [-0.2, -0.15) is 0 Å². The first-order chi connectivity index (χ1) is 16.0. The zero-order chi connectivity index (χ0) is 23.4. The van der Waals surface area contributed by atoms with Crippen LogP contribution in [-0.4, -0.2) is 59.2 Å². The molecular weight excluding hydrogens is 418 g/mol. The minimum absolute atomic E-state index is 0.0354. The van der Waals surface area contributed by atoms with E-state index in [-0.39, 0.29) is 23.1 Å². The second-order valence-electron chi connectivity index (χ2n) is 9.21. The average Bonchev–Trinajstić information content (AvgIpc) is 2.84. The molecule has 1 N–H and O–H groups in total. The van der Waals surface area contributed by atoms with E-state index in [9.17, 15) is 14.4 Å². The Morgan fingerprint density at radius 2 is 1.67 bits per heavy atom. The molecule has 178 valence electrons. The number of anilines is 1. The van der Waals surface area contributed by atoms with Gasteiger partial charge in [0.2, 0.25) is 5.91 Å². The van der Waals surface area contributed by atoms with Crippen molar-refractivity contribution >= 4 is 11.6 Å². The molecule has 2 fully saturated rings. The van der Waals surface area contributed by atoms with Gasteiger partial charge in [0.25, 0.3) is 5.56 Å². The molecule has 2 aliphatic heterocycles. The molecule has 1 amide bonds. The number of amides is 1. The third-order valence-corrected chi connectivity index (χ3v) is 7.04. The fourth-order valence-electron chi connectivity index (χ4n) is 5.07. The lowest BCUT2D eigenvalue weighted by Gasteiger charge is -2.34. The van der Waals surface area contributed by atoms with Crippen LogP contribution < -0.4 is 21.5 Å². The molecule has 2 saturated heterocycles. The Kier molecular flexibility index (Phi) is 7.33. The number of nitrogens with zero attached hydrogens (tertiary/aromatic N) is 4. The minimum Gasteiger partial charge on any atom is -0.366 e. The predicted octanol–water partition coefficient (Wildman–Crippen LogP) is 1.66. The Morgan fingerprint density at radius 1 is 1.00 bits per heavy atom. The molecular formula is C25H35N5O3. The summed E-state index contributed by atoms with van der Waals surface area (Å²) in [6.45, 7) is 6.94. The second-order valence-corrected chi connectivity index (χ2v) is 9.21. The third-order valence-electron chi connectivity index (χ3n) is 7.04. The van der Waals surface area contributed by atoms with Gasteiger partial charge in [-0.25, -0.2) is 4.79 Å². The van der Waals surface area contributed by atoms with Crippen LogP contribution in [0.2, 0.25) is 0 Å². The lowest BCUT2D eigenvalue weighted by molar-refractivity contribution is -0.125. The number of benzene rings is 1. The molecule has 4 rings (SSSR count). The normalized spacial score (nSPS) is 17.8. The van der Waals surface area contributed by atoms with Gasteiger partial charge in [-0.1, -0.05) is 24.6 Å². The molecule has 0 atom stereocenters. The summed E-state index contributed by atoms with van der Waals surface area (Å²) < 4.78 is 2.77. The van der Waals surface area contributed by atoms with E-state index in [1.54, 1.807) is 4.57 Å². The van der Waals surface area contributed by atoms with Gasteiger partial charge < -0.3 is 15.1 Å². The first-order valence-corrected chi connectivity index (χ1v) is 12.1. The first kappa shape index (κ1) is 23.3. The van der Waals surface area contributed by atoms with Gasteiger partial charge in [0.1, 0.15) is 5.69 Å². The Bertz CT molecular complexity index is 1080. The number of carbonyl (C=O) groups is 1. The highest BCUT2D eigenvalue weighted by Gasteiger charge is 2.28. The van der Waals surface area contributed by atoms with Crippen molar-refractivity contribution in [2.24, 2.45) is 13.0 Å². The summed E-state index contributed by atoms with van der Waals surface area (Å²) in [6, 6.07) is 9.38. The Labute approximate surface area is 194 Å². The van der Waals surface area contributed by atoms with Crippen molar-refractivity contribution in [2.45, 2.75) is 39.0 Å². The zero-order valence-corrected chi connectivity index (χ0v) is 19.8. The molecule has 2 aromatic rings. The highest BCUT2D eigenvalue weighted by Crippen LogP contribution is 2.24. The Hall–Kier alpha value is -2.87. The van der Waals surface area contributed by atoms with Crippen LogP contribution in [0.1, 0.15) is 37.8 Å². The molecule has 0 aliphatic carbocycles. The number of piperidine rings is 2. The van der Waals surface area contributed by atoms with Crippen molar-refractivity contribution in [2.75, 3.05) is 44.2 Å². The standard InChI is InChI=1S/C25H35N5O3/c1-19-22(24(32)27(2)25(33)30(19)21-9-5-3-6-10-21)29-16-11-20(12-17-29)23(31)26-13-18-28-14-7-4-8-15-28/h3,5-6,9-10,20H,4,7-8,11-18H2,1-2H3,(H,26,31). The van der Waals surface area contributed by atoms with Gasteiger partial charge in [0, 0.05) is 39.1 Å². The summed E-state index contributed by atoms with van der Waals surface area (Å²) in [6.07, 6.45) is 5.21. The van der Waals surface area contributed by atoms with Crippen molar-refractivity contribution in [3.8, 4) is 5.69 Å². The zero-order valence-electron chi connectivity index (χ0n) is 19.8. The second kappa shape index (κ2) is 10.4. The fourth-order valence-corrected chi connectivity index (χ4v) is 5.07. The molecule has 0 saturated carbocycles. The van der Waals surface area contributed by atoms with E-state index in [1.807, 2.05) is 42.2 Å². The van der Waals surface area contributed by atoms with Crippen LogP contribution in [-0.2, 0) is 11.8 Å². The van der Waals surface area contributed by atoms with Gasteiger partial charge in [-0.05, 0) is 57.8 Å². The van der Waals surface area contributed by atoms with E-state index in [4.69, 9.17) is 0 Å². The monoisotopic (exact) mass is 453 g/mol. The van der Waals surface area contributed by atoms with Gasteiger partial charge >= 0.3 is 5.69 Å². The van der Waals surface area contributed by atoms with Crippen molar-refractivity contribution in [3.63, 3.8) is 0 Å². The van der Waals surface area contributed by atoms with E-state index in [0.717, 1.165) is 25.3 Å². The molecule has 3 heterocycles. The van der Waals surface area contributed by atoms with Gasteiger partial charge in [-0.15, -0.1) is 0 Å². The van der Waals surface area contributed by atoms with Crippen molar-refractivity contribution in [3.05, 3.63) is 56.9 Å². The van der Waals surface area contributed by atoms with E-state index in [0.29, 0.717) is 43.9 Å². The molecule has 2 aliphatic rings. The summed E-state index contributed by atoms with van der Waals surface area (Å²) >= 11 is 0. The maximum absolute atomic E-state index is 13.0. The van der Waals surface area contributed by atoms with Crippen molar-refractivity contribution in [1.29, 1.82) is 0 Å². The average molecular weight is 454 g/mol. The van der Waals surface area contributed by atoms with Gasteiger partial charge in [0.05, 0.1) is 11.4 Å². The molecule has 0 radical (unpaired) electrons. The first-order valence-electron chi connectivity index (χ1n) is 12.1. The van der Waals surface area contributed by atoms with Crippen LogP contribution in [0.4, 0.5) is 5.69 Å². The maximum atomic E-state index is 13.0. The van der Waals surface area contributed by atoms with E-state index in [1.165, 1.54) is 30.9 Å². The topological polar surface area (TPSA) is 79.6 Å². The molecule has 1 aromatic carbocycles. The number of rotatable bonds is 6. The maximum Gasteiger partial charge on any atom is 0.335 e. The van der Waals surface area contributed by atoms with Gasteiger partial charge in [-0.3, -0.25) is 18.7 Å². The molecule has 0 spiro atoms. The molecule has 1 aromatic heterocycles. The lowest BCUT2D eigenvalue weighted by atomic mass is 9.95. The van der Waals surface area contributed by atoms with Crippen LogP contribution >= 0.6 is 0 Å². The molecule has 33 heavy (non-hydrogen) atoms. The van der Waals surface area contributed by atoms with E-state index in [2.05, 4.69) is 10.2 Å². The number of hydrogen-bond acceptors (Lipinski definition) is 5. The summed E-state index contributed by atoms with van der Waals surface area (Å²) in [5.41, 5.74) is 1.29. The predicted molar refractivity (Wildman–Crippen MR) is 130 cm³/mol. The Balaban J connectivity index is 1.42. The minimum atomic E-state index is -0.351. The molecule has 8 nitrogen and oxygen atoms in total. The Morgan fingerprint density at radius 3 is 2.33 bits per heavy atom. The van der Waals surface area contributed by atoms with Crippen molar-refractivity contribution in [1.82, 2.24) is 19.4 Å². The SMILES string of the molecule is Cc1c(N2CCC(C(=O)NCCN3CCCCC3)CC2)c(=O)n(C)c(=O)n1-c1ccccc1.